The van der Waals surface area contributed by atoms with Gasteiger partial charge in [0.15, 0.2) is 0 Å². The van der Waals surface area contributed by atoms with Crippen LogP contribution in [0.3, 0.4) is 0 Å². The Morgan fingerprint density at radius 1 is 0.448 bits per heavy atom. The van der Waals surface area contributed by atoms with Gasteiger partial charge in [0.1, 0.15) is 6.61 Å². The third-order valence-corrected chi connectivity index (χ3v) is 3.14. The van der Waals surface area contributed by atoms with E-state index in [2.05, 4.69) is 0 Å². The molecule has 1 nitrogen and oxygen atoms in total. The molecule has 0 aromatic heterocycles. The zero-order chi connectivity index (χ0) is 24.1. The lowest BCUT2D eigenvalue weighted by Crippen LogP contribution is -2.63. The molecular formula is C11H5F17O. The maximum absolute atomic E-state index is 13.1. The summed E-state index contributed by atoms with van der Waals surface area (Å²) in [6.45, 7) is -3.19. The Balaban J connectivity index is 6.24. The molecule has 0 bridgehead atoms. The van der Waals surface area contributed by atoms with E-state index in [9.17, 15) is 74.6 Å². The van der Waals surface area contributed by atoms with E-state index in [0.29, 0.717) is 0 Å². The van der Waals surface area contributed by atoms with Crippen LogP contribution in [-0.2, 0) is 0 Å². The van der Waals surface area contributed by atoms with Gasteiger partial charge < -0.3 is 5.11 Å². The second-order valence-electron chi connectivity index (χ2n) is 5.24. The van der Waals surface area contributed by atoms with E-state index < -0.39 is 66.4 Å². The zero-order valence-electron chi connectivity index (χ0n) is 12.7. The van der Waals surface area contributed by atoms with Crippen LogP contribution in [0.1, 0.15) is 0 Å². The number of hydrogen-bond donors (Lipinski definition) is 1. The van der Waals surface area contributed by atoms with Gasteiger partial charge in [0, 0.05) is 0 Å². The first-order valence-electron chi connectivity index (χ1n) is 6.29. The highest BCUT2D eigenvalue weighted by Gasteiger charge is 2.82. The summed E-state index contributed by atoms with van der Waals surface area (Å²) in [7, 11) is 0. The quantitative estimate of drug-likeness (QED) is 0.360. The van der Waals surface area contributed by atoms with Crippen LogP contribution >= 0.6 is 0 Å². The van der Waals surface area contributed by atoms with Crippen molar-refractivity contribution < 1.29 is 79.7 Å². The second-order valence-corrected chi connectivity index (χ2v) is 5.24. The third kappa shape index (κ3) is 4.08. The monoisotopic (exact) mass is 476 g/mol. The molecule has 0 fully saturated rings. The summed E-state index contributed by atoms with van der Waals surface area (Å²) in [5.41, 5.74) is 0. The first-order chi connectivity index (χ1) is 12.3. The standard InChI is InChI=1S/C11H5F17O/c12-4(13,7(18,19)9(22,23)6(16,17)3-29)1-2-5(14,15)8(20,21)10(24,25)11(26,27)28/h1-2,29H,3H2. The van der Waals surface area contributed by atoms with Crippen LogP contribution in [0, 0.1) is 0 Å². The number of allylic oxidation sites excluding steroid dienone is 2. The van der Waals surface area contributed by atoms with E-state index in [1.54, 1.807) is 0 Å². The lowest BCUT2D eigenvalue weighted by Gasteiger charge is -2.35. The summed E-state index contributed by atoms with van der Waals surface area (Å²) in [5.74, 6) is -50.1. The molecule has 0 amide bonds. The molecule has 0 radical (unpaired) electrons. The van der Waals surface area contributed by atoms with Crippen molar-refractivity contribution in [2.24, 2.45) is 0 Å². The highest BCUT2D eigenvalue weighted by molar-refractivity contribution is 5.17. The van der Waals surface area contributed by atoms with Crippen molar-refractivity contribution in [2.75, 3.05) is 6.61 Å². The first-order valence-corrected chi connectivity index (χ1v) is 6.29. The highest BCUT2D eigenvalue weighted by Crippen LogP contribution is 2.55. The molecule has 0 unspecified atom stereocenters. The van der Waals surface area contributed by atoms with Gasteiger partial charge >= 0.3 is 47.6 Å². The van der Waals surface area contributed by atoms with E-state index >= 15 is 0 Å². The van der Waals surface area contributed by atoms with Gasteiger partial charge in [-0.3, -0.25) is 0 Å². The smallest absolute Gasteiger partial charge is 0.390 e. The molecule has 0 spiro atoms. The van der Waals surface area contributed by atoms with Crippen molar-refractivity contribution in [3.05, 3.63) is 12.2 Å². The summed E-state index contributed by atoms with van der Waals surface area (Å²) >= 11 is 0. The van der Waals surface area contributed by atoms with Crippen LogP contribution in [0.15, 0.2) is 12.2 Å². The maximum atomic E-state index is 13.1. The summed E-state index contributed by atoms with van der Waals surface area (Å²) in [6.07, 6.45) is -12.2. The molecule has 1 N–H and O–H groups in total. The fraction of sp³-hybridized carbons (Fsp3) is 0.818. The normalized spacial score (nSPS) is 16.6. The largest absolute Gasteiger partial charge is 0.460 e. The van der Waals surface area contributed by atoms with Gasteiger partial charge in [-0.2, -0.15) is 74.6 Å². The SMILES string of the molecule is OCC(F)(F)C(F)(F)C(F)(F)C(F)(F)C=CC(F)(F)C(F)(F)C(F)(F)C(F)(F)F. The number of alkyl halides is 17. The lowest BCUT2D eigenvalue weighted by molar-refractivity contribution is -0.388. The van der Waals surface area contributed by atoms with E-state index in [1.165, 1.54) is 0 Å². The molecule has 0 aliphatic carbocycles. The number of aliphatic hydroxyl groups excluding tert-OH is 1. The summed E-state index contributed by atoms with van der Waals surface area (Å²) in [6, 6.07) is 0. The average Bonchev–Trinajstić information content (AvgIpc) is 2.51. The number of hydrogen-bond acceptors (Lipinski definition) is 1. The zero-order valence-corrected chi connectivity index (χ0v) is 12.7. The highest BCUT2D eigenvalue weighted by atomic mass is 19.4. The third-order valence-electron chi connectivity index (χ3n) is 3.14. The van der Waals surface area contributed by atoms with Crippen molar-refractivity contribution >= 4 is 0 Å². The Morgan fingerprint density at radius 2 is 0.724 bits per heavy atom. The Hall–Kier alpha value is -1.49. The molecule has 0 aromatic rings. The predicted octanol–water partition coefficient (Wildman–Crippen LogP) is 5.54. The van der Waals surface area contributed by atoms with Crippen molar-refractivity contribution in [1.82, 2.24) is 0 Å². The Labute approximate surface area is 147 Å². The fourth-order valence-corrected chi connectivity index (χ4v) is 1.34. The molecule has 0 atom stereocenters. The van der Waals surface area contributed by atoms with Crippen LogP contribution in [-0.4, -0.2) is 59.3 Å². The number of aliphatic hydroxyl groups is 1. The van der Waals surface area contributed by atoms with Crippen LogP contribution in [0.4, 0.5) is 74.6 Å². The van der Waals surface area contributed by atoms with Gasteiger partial charge in [0.05, 0.1) is 0 Å². The van der Waals surface area contributed by atoms with Crippen LogP contribution < -0.4 is 0 Å². The topological polar surface area (TPSA) is 20.2 Å². The molecule has 18 heteroatoms. The Kier molecular flexibility index (Phi) is 6.68. The van der Waals surface area contributed by atoms with Crippen LogP contribution in [0.2, 0.25) is 0 Å². The van der Waals surface area contributed by atoms with Gasteiger partial charge in [-0.15, -0.1) is 0 Å². The minimum absolute atomic E-state index is 2.37. The Morgan fingerprint density at radius 3 is 0.966 bits per heavy atom. The molecule has 0 aliphatic heterocycles. The van der Waals surface area contributed by atoms with Crippen LogP contribution in [0.25, 0.3) is 0 Å². The predicted molar refractivity (Wildman–Crippen MR) is 56.9 cm³/mol. The molecule has 174 valence electrons. The van der Waals surface area contributed by atoms with Crippen molar-refractivity contribution in [2.45, 2.75) is 47.6 Å². The van der Waals surface area contributed by atoms with Crippen molar-refractivity contribution in [3.8, 4) is 0 Å². The number of halogens is 17. The fourth-order valence-electron chi connectivity index (χ4n) is 1.34. The van der Waals surface area contributed by atoms with Gasteiger partial charge in [-0.05, 0) is 12.2 Å². The molecular weight excluding hydrogens is 471 g/mol. The van der Waals surface area contributed by atoms with Gasteiger partial charge in [0.2, 0.25) is 0 Å². The summed E-state index contributed by atoms with van der Waals surface area (Å²) in [4.78, 5) is 0. The minimum Gasteiger partial charge on any atom is -0.390 e. The van der Waals surface area contributed by atoms with E-state index in [4.69, 9.17) is 5.11 Å². The van der Waals surface area contributed by atoms with E-state index in [1.807, 2.05) is 0 Å². The molecule has 0 rings (SSSR count). The molecule has 29 heavy (non-hydrogen) atoms. The maximum Gasteiger partial charge on any atom is 0.460 e. The molecule has 0 saturated heterocycles. The minimum atomic E-state index is -7.63. The van der Waals surface area contributed by atoms with Gasteiger partial charge in [-0.1, -0.05) is 0 Å². The van der Waals surface area contributed by atoms with Gasteiger partial charge in [0.25, 0.3) is 0 Å². The molecule has 0 aromatic carbocycles. The second kappa shape index (κ2) is 7.04. The molecule has 0 saturated carbocycles. The van der Waals surface area contributed by atoms with Crippen LogP contribution in [0.5, 0.6) is 0 Å². The number of rotatable bonds is 8. The van der Waals surface area contributed by atoms with E-state index in [-0.39, 0.29) is 0 Å². The van der Waals surface area contributed by atoms with Crippen molar-refractivity contribution in [1.29, 1.82) is 0 Å². The lowest BCUT2D eigenvalue weighted by atomic mass is 9.97. The van der Waals surface area contributed by atoms with Gasteiger partial charge in [-0.25, -0.2) is 0 Å². The van der Waals surface area contributed by atoms with E-state index in [0.717, 1.165) is 0 Å². The Bertz CT molecular complexity index is 613. The summed E-state index contributed by atoms with van der Waals surface area (Å²) in [5, 5.41) is 7.86. The van der Waals surface area contributed by atoms with Crippen molar-refractivity contribution in [3.63, 3.8) is 0 Å². The first kappa shape index (κ1) is 27.5. The molecule has 0 heterocycles. The summed E-state index contributed by atoms with van der Waals surface area (Å²) < 4.78 is 215. The molecule has 0 aliphatic rings. The average molecular weight is 476 g/mol.